The van der Waals surface area contributed by atoms with Crippen molar-refractivity contribution in [1.82, 2.24) is 4.90 Å². The molecule has 1 aromatic rings. The molecule has 27 heavy (non-hydrogen) atoms. The third kappa shape index (κ3) is 4.89. The smallest absolute Gasteiger partial charge is 0.251 e. The molecule has 0 saturated carbocycles. The number of hydrogen-bond donors (Lipinski definition) is 0. The van der Waals surface area contributed by atoms with Gasteiger partial charge in [-0.05, 0) is 62.5 Å². The molecule has 5 heteroatoms. The summed E-state index contributed by atoms with van der Waals surface area (Å²) in [6.45, 7) is 6.96. The van der Waals surface area contributed by atoms with Crippen LogP contribution < -0.4 is 9.64 Å². The van der Waals surface area contributed by atoms with Gasteiger partial charge in [-0.3, -0.25) is 14.5 Å². The quantitative estimate of drug-likeness (QED) is 0.511. The summed E-state index contributed by atoms with van der Waals surface area (Å²) in [7, 11) is 0. The predicted octanol–water partition coefficient (Wildman–Crippen LogP) is 4.01. The van der Waals surface area contributed by atoms with E-state index in [1.54, 1.807) is 0 Å². The molecule has 2 fully saturated rings. The summed E-state index contributed by atoms with van der Waals surface area (Å²) in [5, 5.41) is 0. The molecule has 1 unspecified atom stereocenters. The van der Waals surface area contributed by atoms with Crippen molar-refractivity contribution in [2.75, 3.05) is 24.6 Å². The first-order valence-electron chi connectivity index (χ1n) is 10.4. The first-order valence-corrected chi connectivity index (χ1v) is 10.4. The van der Waals surface area contributed by atoms with E-state index < -0.39 is 0 Å². The molecule has 2 heterocycles. The monoisotopic (exact) mass is 372 g/mol. The number of hydrogen-bond acceptors (Lipinski definition) is 4. The van der Waals surface area contributed by atoms with Crippen LogP contribution in [0.1, 0.15) is 58.8 Å². The van der Waals surface area contributed by atoms with Crippen LogP contribution in [0.15, 0.2) is 24.3 Å². The van der Waals surface area contributed by atoms with Gasteiger partial charge in [0.05, 0.1) is 24.8 Å². The maximum atomic E-state index is 12.9. The van der Waals surface area contributed by atoms with Crippen LogP contribution in [-0.2, 0) is 9.59 Å². The highest BCUT2D eigenvalue weighted by molar-refractivity contribution is 6.22. The number of piperidine rings is 1. The molecule has 0 spiro atoms. The third-order valence-corrected chi connectivity index (χ3v) is 5.74. The van der Waals surface area contributed by atoms with Crippen molar-refractivity contribution in [1.29, 1.82) is 0 Å². The van der Waals surface area contributed by atoms with Crippen molar-refractivity contribution in [2.45, 2.75) is 64.8 Å². The molecule has 2 amide bonds. The average Bonchev–Trinajstić information content (AvgIpc) is 2.97. The molecule has 2 saturated heterocycles. The number of nitrogens with zero attached hydrogens (tertiary/aromatic N) is 2. The van der Waals surface area contributed by atoms with Gasteiger partial charge in [-0.25, -0.2) is 4.90 Å². The van der Waals surface area contributed by atoms with Gasteiger partial charge in [-0.1, -0.05) is 33.1 Å². The van der Waals surface area contributed by atoms with Crippen LogP contribution in [-0.4, -0.2) is 42.5 Å². The van der Waals surface area contributed by atoms with Crippen LogP contribution in [0.3, 0.4) is 0 Å². The molecule has 1 atom stereocenters. The highest BCUT2D eigenvalue weighted by Gasteiger charge is 2.43. The zero-order valence-electron chi connectivity index (χ0n) is 16.7. The molecule has 148 valence electrons. The number of anilines is 1. The number of carbonyl (C=O) groups excluding carboxylic acids is 2. The lowest BCUT2D eigenvalue weighted by Gasteiger charge is -2.33. The summed E-state index contributed by atoms with van der Waals surface area (Å²) in [6, 6.07) is 7.05. The number of imide groups is 1. The summed E-state index contributed by atoms with van der Waals surface area (Å²) in [6.07, 6.45) is 7.17. The van der Waals surface area contributed by atoms with E-state index in [-0.39, 0.29) is 17.9 Å². The topological polar surface area (TPSA) is 49.9 Å². The normalized spacial score (nSPS) is 21.9. The van der Waals surface area contributed by atoms with Gasteiger partial charge in [0.1, 0.15) is 5.75 Å². The SMILES string of the molecule is CCCCCCOc1ccc(N2C(=O)CC(N3CCC(C)CC3)C2=O)cc1. The largest absolute Gasteiger partial charge is 0.494 e. The molecule has 1 aromatic carbocycles. The molecule has 0 N–H and O–H groups in total. The van der Waals surface area contributed by atoms with Gasteiger partial charge >= 0.3 is 0 Å². The number of benzene rings is 1. The fourth-order valence-electron chi connectivity index (χ4n) is 3.92. The first-order chi connectivity index (χ1) is 13.1. The van der Waals surface area contributed by atoms with Crippen LogP contribution in [0.5, 0.6) is 5.75 Å². The van der Waals surface area contributed by atoms with Crippen molar-refractivity contribution in [3.8, 4) is 5.75 Å². The van der Waals surface area contributed by atoms with Gasteiger partial charge in [-0.2, -0.15) is 0 Å². The molecule has 2 aliphatic rings. The number of rotatable bonds is 8. The van der Waals surface area contributed by atoms with Crippen LogP contribution in [0.25, 0.3) is 0 Å². The van der Waals surface area contributed by atoms with E-state index >= 15 is 0 Å². The van der Waals surface area contributed by atoms with Gasteiger partial charge in [0.15, 0.2) is 0 Å². The van der Waals surface area contributed by atoms with Gasteiger partial charge in [0.2, 0.25) is 5.91 Å². The zero-order valence-corrected chi connectivity index (χ0v) is 16.7. The third-order valence-electron chi connectivity index (χ3n) is 5.74. The highest BCUT2D eigenvalue weighted by atomic mass is 16.5. The minimum absolute atomic E-state index is 0.0808. The van der Waals surface area contributed by atoms with Crippen molar-refractivity contribution < 1.29 is 14.3 Å². The second-order valence-corrected chi connectivity index (χ2v) is 7.91. The van der Waals surface area contributed by atoms with Crippen LogP contribution in [0.2, 0.25) is 0 Å². The van der Waals surface area contributed by atoms with E-state index in [1.165, 1.54) is 24.2 Å². The summed E-state index contributed by atoms with van der Waals surface area (Å²) in [5.74, 6) is 1.31. The number of likely N-dealkylation sites (tertiary alicyclic amines) is 1. The van der Waals surface area contributed by atoms with Gasteiger partial charge in [0.25, 0.3) is 5.91 Å². The fraction of sp³-hybridized carbons (Fsp3) is 0.636. The Labute approximate surface area is 162 Å². The van der Waals surface area contributed by atoms with E-state index in [2.05, 4.69) is 18.7 Å². The summed E-state index contributed by atoms with van der Waals surface area (Å²) < 4.78 is 5.75. The molecule has 5 nitrogen and oxygen atoms in total. The lowest BCUT2D eigenvalue weighted by Crippen LogP contribution is -2.45. The molecular weight excluding hydrogens is 340 g/mol. The molecular formula is C22H32N2O3. The predicted molar refractivity (Wildman–Crippen MR) is 107 cm³/mol. The lowest BCUT2D eigenvalue weighted by molar-refractivity contribution is -0.123. The van der Waals surface area contributed by atoms with Gasteiger partial charge in [-0.15, -0.1) is 0 Å². The maximum absolute atomic E-state index is 12.9. The molecule has 0 bridgehead atoms. The Morgan fingerprint density at radius 2 is 1.74 bits per heavy atom. The number of ether oxygens (including phenoxy) is 1. The Bertz CT molecular complexity index is 635. The molecule has 0 radical (unpaired) electrons. The first kappa shape index (κ1) is 19.9. The van der Waals surface area contributed by atoms with Crippen LogP contribution >= 0.6 is 0 Å². The second kappa shape index (κ2) is 9.36. The van der Waals surface area contributed by atoms with Crippen LogP contribution in [0.4, 0.5) is 5.69 Å². The molecule has 0 aromatic heterocycles. The van der Waals surface area contributed by atoms with Crippen molar-refractivity contribution >= 4 is 17.5 Å². The number of amides is 2. The van der Waals surface area contributed by atoms with E-state index in [9.17, 15) is 9.59 Å². The van der Waals surface area contributed by atoms with Crippen molar-refractivity contribution in [3.63, 3.8) is 0 Å². The van der Waals surface area contributed by atoms with Crippen LogP contribution in [0, 0.1) is 5.92 Å². The van der Waals surface area contributed by atoms with E-state index in [0.717, 1.165) is 38.1 Å². The second-order valence-electron chi connectivity index (χ2n) is 7.91. The summed E-state index contributed by atoms with van der Waals surface area (Å²) >= 11 is 0. The lowest BCUT2D eigenvalue weighted by atomic mass is 9.97. The standard InChI is InChI=1S/C22H32N2O3/c1-3-4-5-6-15-27-19-9-7-18(8-10-19)24-21(25)16-20(22(24)26)23-13-11-17(2)12-14-23/h7-10,17,20H,3-6,11-16H2,1-2H3. The Kier molecular flexibility index (Phi) is 6.89. The molecule has 3 rings (SSSR count). The van der Waals surface area contributed by atoms with E-state index in [0.29, 0.717) is 24.6 Å². The summed E-state index contributed by atoms with van der Waals surface area (Å²) in [5.41, 5.74) is 0.649. The van der Waals surface area contributed by atoms with E-state index in [4.69, 9.17) is 4.74 Å². The van der Waals surface area contributed by atoms with Crippen molar-refractivity contribution in [3.05, 3.63) is 24.3 Å². The Hall–Kier alpha value is -1.88. The fourth-order valence-corrected chi connectivity index (χ4v) is 3.92. The Balaban J connectivity index is 1.57. The molecule has 2 aliphatic heterocycles. The number of carbonyl (C=O) groups is 2. The summed E-state index contributed by atoms with van der Waals surface area (Å²) in [4.78, 5) is 28.9. The van der Waals surface area contributed by atoms with E-state index in [1.807, 2.05) is 24.3 Å². The van der Waals surface area contributed by atoms with Gasteiger partial charge in [0, 0.05) is 0 Å². The number of unbranched alkanes of at least 4 members (excludes halogenated alkanes) is 3. The molecule has 0 aliphatic carbocycles. The zero-order chi connectivity index (χ0) is 19.2. The van der Waals surface area contributed by atoms with Crippen molar-refractivity contribution in [2.24, 2.45) is 5.92 Å². The Morgan fingerprint density at radius 3 is 2.41 bits per heavy atom. The minimum Gasteiger partial charge on any atom is -0.494 e. The highest BCUT2D eigenvalue weighted by Crippen LogP contribution is 2.29. The maximum Gasteiger partial charge on any atom is 0.251 e. The average molecular weight is 373 g/mol. The van der Waals surface area contributed by atoms with Gasteiger partial charge < -0.3 is 4.74 Å². The minimum atomic E-state index is -0.292. The Morgan fingerprint density at radius 1 is 1.04 bits per heavy atom.